The summed E-state index contributed by atoms with van der Waals surface area (Å²) >= 11 is 3.32. The first-order valence-corrected chi connectivity index (χ1v) is 4.94. The van der Waals surface area contributed by atoms with Crippen molar-refractivity contribution in [3.05, 3.63) is 11.9 Å². The smallest absolute Gasteiger partial charge is 0.0932 e. The van der Waals surface area contributed by atoms with Gasteiger partial charge in [-0.3, -0.25) is 4.68 Å². The van der Waals surface area contributed by atoms with E-state index in [1.54, 1.807) is 0 Å². The number of nitrogens with zero attached hydrogens (tertiary/aromatic N) is 4. The van der Waals surface area contributed by atoms with Gasteiger partial charge >= 0.3 is 0 Å². The lowest BCUT2D eigenvalue weighted by atomic mass is 10.5. The van der Waals surface area contributed by atoms with Gasteiger partial charge in [0.1, 0.15) is 0 Å². The second kappa shape index (κ2) is 4.57. The second-order valence-corrected chi connectivity index (χ2v) is 3.47. The number of halogens is 1. The molecule has 4 nitrogen and oxygen atoms in total. The summed E-state index contributed by atoms with van der Waals surface area (Å²) in [4.78, 5) is 2.12. The zero-order valence-electron chi connectivity index (χ0n) is 7.37. The van der Waals surface area contributed by atoms with E-state index in [2.05, 4.69) is 31.1 Å². The van der Waals surface area contributed by atoms with E-state index in [0.717, 1.165) is 24.1 Å². The molecule has 0 aliphatic heterocycles. The third-order valence-corrected chi connectivity index (χ3v) is 2.07. The van der Waals surface area contributed by atoms with Gasteiger partial charge < -0.3 is 4.90 Å². The largest absolute Gasteiger partial charge is 0.308 e. The lowest BCUT2D eigenvalue weighted by molar-refractivity contribution is 0.370. The minimum Gasteiger partial charge on any atom is -0.308 e. The maximum absolute atomic E-state index is 3.97. The molecule has 0 aliphatic carbocycles. The predicted molar refractivity (Wildman–Crippen MR) is 51.2 cm³/mol. The van der Waals surface area contributed by atoms with Crippen molar-refractivity contribution in [3.8, 4) is 0 Å². The van der Waals surface area contributed by atoms with Crippen molar-refractivity contribution < 1.29 is 0 Å². The maximum atomic E-state index is 3.97. The molecule has 0 radical (unpaired) electrons. The average Bonchev–Trinajstić information content (AvgIpc) is 2.48. The summed E-state index contributed by atoms with van der Waals surface area (Å²) < 4.78 is 1.86. The minimum absolute atomic E-state index is 0.773. The van der Waals surface area contributed by atoms with Gasteiger partial charge in [-0.1, -0.05) is 21.1 Å². The molecule has 68 valence electrons. The molecule has 1 aromatic heterocycles. The molecule has 0 fully saturated rings. The Morgan fingerprint density at radius 2 is 2.33 bits per heavy atom. The summed E-state index contributed by atoms with van der Waals surface area (Å²) in [7, 11) is 4.09. The van der Waals surface area contributed by atoms with Gasteiger partial charge in [0.15, 0.2) is 0 Å². The Kier molecular flexibility index (Phi) is 3.68. The molecule has 0 saturated heterocycles. The van der Waals surface area contributed by atoms with E-state index in [1.807, 2.05) is 25.0 Å². The third-order valence-electron chi connectivity index (χ3n) is 1.50. The van der Waals surface area contributed by atoms with Crippen LogP contribution in [0.3, 0.4) is 0 Å². The second-order valence-electron chi connectivity index (χ2n) is 2.91. The Balaban J connectivity index is 2.41. The molecular weight excluding hydrogens is 220 g/mol. The number of likely N-dealkylation sites (N-methyl/N-ethyl adjacent to an activating group) is 1. The Labute approximate surface area is 80.7 Å². The normalized spacial score (nSPS) is 11.0. The van der Waals surface area contributed by atoms with Crippen LogP contribution in [0.4, 0.5) is 0 Å². The quantitative estimate of drug-likeness (QED) is 0.719. The van der Waals surface area contributed by atoms with Crippen molar-refractivity contribution in [2.45, 2.75) is 11.9 Å². The molecular formula is C7H13BrN4. The van der Waals surface area contributed by atoms with E-state index >= 15 is 0 Å². The summed E-state index contributed by atoms with van der Waals surface area (Å²) in [6, 6.07) is 0. The highest BCUT2D eigenvalue weighted by Gasteiger charge is 1.98. The lowest BCUT2D eigenvalue weighted by Gasteiger charge is -2.07. The van der Waals surface area contributed by atoms with Gasteiger partial charge in [0.05, 0.1) is 12.2 Å². The van der Waals surface area contributed by atoms with Crippen LogP contribution in [-0.4, -0.2) is 40.5 Å². The van der Waals surface area contributed by atoms with Crippen molar-refractivity contribution in [2.24, 2.45) is 0 Å². The zero-order chi connectivity index (χ0) is 8.97. The van der Waals surface area contributed by atoms with Crippen LogP contribution in [-0.2, 0) is 11.9 Å². The van der Waals surface area contributed by atoms with Crippen LogP contribution in [0, 0.1) is 0 Å². The molecule has 0 unspecified atom stereocenters. The molecule has 5 heteroatoms. The first-order chi connectivity index (χ1) is 5.72. The minimum atomic E-state index is 0.773. The Bertz CT molecular complexity index is 233. The molecule has 0 N–H and O–H groups in total. The predicted octanol–water partition coefficient (Wildman–Crippen LogP) is 0.735. The molecule has 0 spiro atoms. The summed E-state index contributed by atoms with van der Waals surface area (Å²) in [5.41, 5.74) is 0.980. The Morgan fingerprint density at radius 1 is 1.58 bits per heavy atom. The number of aromatic nitrogens is 3. The third kappa shape index (κ3) is 2.91. The highest BCUT2D eigenvalue weighted by Crippen LogP contribution is 1.98. The van der Waals surface area contributed by atoms with Crippen LogP contribution in [0.1, 0.15) is 5.69 Å². The van der Waals surface area contributed by atoms with Gasteiger partial charge in [0.2, 0.25) is 0 Å². The highest BCUT2D eigenvalue weighted by atomic mass is 79.9. The molecule has 1 aromatic rings. The van der Waals surface area contributed by atoms with Crippen molar-refractivity contribution in [1.29, 1.82) is 0 Å². The average molecular weight is 233 g/mol. The van der Waals surface area contributed by atoms with Crippen LogP contribution in [0.15, 0.2) is 6.20 Å². The van der Waals surface area contributed by atoms with Gasteiger partial charge in [-0.2, -0.15) is 0 Å². The monoisotopic (exact) mass is 232 g/mol. The van der Waals surface area contributed by atoms with Gasteiger partial charge in [-0.05, 0) is 14.1 Å². The van der Waals surface area contributed by atoms with Crippen molar-refractivity contribution >= 4 is 15.9 Å². The molecule has 0 saturated carbocycles. The van der Waals surface area contributed by atoms with E-state index < -0.39 is 0 Å². The van der Waals surface area contributed by atoms with Gasteiger partial charge in [-0.25, -0.2) is 0 Å². The van der Waals surface area contributed by atoms with Crippen molar-refractivity contribution in [3.63, 3.8) is 0 Å². The zero-order valence-corrected chi connectivity index (χ0v) is 8.95. The van der Waals surface area contributed by atoms with Crippen molar-refractivity contribution in [2.75, 3.05) is 20.6 Å². The van der Waals surface area contributed by atoms with Crippen LogP contribution < -0.4 is 0 Å². The highest BCUT2D eigenvalue weighted by molar-refractivity contribution is 9.08. The summed E-state index contributed by atoms with van der Waals surface area (Å²) in [6.07, 6.45) is 1.96. The van der Waals surface area contributed by atoms with E-state index in [1.165, 1.54) is 0 Å². The topological polar surface area (TPSA) is 34.0 Å². The first kappa shape index (κ1) is 9.67. The number of rotatable bonds is 4. The van der Waals surface area contributed by atoms with Crippen LogP contribution >= 0.6 is 15.9 Å². The van der Waals surface area contributed by atoms with Gasteiger partial charge in [0.25, 0.3) is 0 Å². The van der Waals surface area contributed by atoms with E-state index in [0.29, 0.717) is 0 Å². The molecule has 0 atom stereocenters. The molecule has 0 aliphatic rings. The molecule has 0 amide bonds. The SMILES string of the molecule is CN(C)CCn1cc(CBr)nn1. The van der Waals surface area contributed by atoms with Crippen LogP contribution in [0.5, 0.6) is 0 Å². The molecule has 1 heterocycles. The number of hydrogen-bond donors (Lipinski definition) is 0. The van der Waals surface area contributed by atoms with E-state index in [9.17, 15) is 0 Å². The molecule has 0 bridgehead atoms. The summed E-state index contributed by atoms with van der Waals surface area (Å²) in [6.45, 7) is 1.89. The fraction of sp³-hybridized carbons (Fsp3) is 0.714. The van der Waals surface area contributed by atoms with E-state index in [-0.39, 0.29) is 0 Å². The van der Waals surface area contributed by atoms with Crippen LogP contribution in [0.25, 0.3) is 0 Å². The maximum Gasteiger partial charge on any atom is 0.0932 e. The Morgan fingerprint density at radius 3 is 2.83 bits per heavy atom. The van der Waals surface area contributed by atoms with Crippen molar-refractivity contribution in [1.82, 2.24) is 19.9 Å². The van der Waals surface area contributed by atoms with E-state index in [4.69, 9.17) is 0 Å². The summed E-state index contributed by atoms with van der Waals surface area (Å²) in [5, 5.41) is 8.70. The number of alkyl halides is 1. The number of hydrogen-bond acceptors (Lipinski definition) is 3. The molecule has 1 rings (SSSR count). The van der Waals surface area contributed by atoms with Crippen LogP contribution in [0.2, 0.25) is 0 Å². The fourth-order valence-electron chi connectivity index (χ4n) is 0.812. The molecule has 12 heavy (non-hydrogen) atoms. The van der Waals surface area contributed by atoms with Gasteiger partial charge in [-0.15, -0.1) is 5.10 Å². The standard InChI is InChI=1S/C7H13BrN4/c1-11(2)3-4-12-6-7(5-8)9-10-12/h6H,3-5H2,1-2H3. The fourth-order valence-corrected chi connectivity index (χ4v) is 1.07. The van der Waals surface area contributed by atoms with Gasteiger partial charge in [0, 0.05) is 18.1 Å². The first-order valence-electron chi connectivity index (χ1n) is 3.82. The molecule has 0 aromatic carbocycles. The Hall–Kier alpha value is -0.420. The lowest BCUT2D eigenvalue weighted by Crippen LogP contribution is -2.18. The summed E-state index contributed by atoms with van der Waals surface area (Å²) in [5.74, 6) is 0.